The van der Waals surface area contributed by atoms with Gasteiger partial charge in [0.15, 0.2) is 11.6 Å². The number of carbonyl (C=O) groups excluding carboxylic acids is 2. The first kappa shape index (κ1) is 40.0. The van der Waals surface area contributed by atoms with Crippen molar-refractivity contribution in [1.29, 1.82) is 0 Å². The summed E-state index contributed by atoms with van der Waals surface area (Å²) in [5.41, 5.74) is -0.690. The third-order valence-corrected chi connectivity index (χ3v) is 11.8. The van der Waals surface area contributed by atoms with Gasteiger partial charge < -0.3 is 9.80 Å². The number of carbonyl (C=O) groups is 2. The van der Waals surface area contributed by atoms with Gasteiger partial charge in [0, 0.05) is 24.2 Å². The van der Waals surface area contributed by atoms with Crippen LogP contribution < -0.4 is 9.44 Å². The summed E-state index contributed by atoms with van der Waals surface area (Å²) in [5, 5.41) is 0. The molecule has 3 rings (SSSR count). The molecule has 0 spiro atoms. The van der Waals surface area contributed by atoms with Crippen molar-refractivity contribution in [1.82, 2.24) is 19.2 Å². The van der Waals surface area contributed by atoms with Gasteiger partial charge in [-0.1, -0.05) is 77.6 Å². The summed E-state index contributed by atoms with van der Waals surface area (Å²) in [4.78, 5) is 31.9. The Morgan fingerprint density at radius 3 is 1.12 bits per heavy atom. The number of fused-ring (bicyclic) bond motifs is 2. The van der Waals surface area contributed by atoms with E-state index in [1.54, 1.807) is 0 Å². The molecular formula is C36H56N4O6S2. The zero-order valence-corrected chi connectivity index (χ0v) is 31.0. The Balaban J connectivity index is 1.76. The van der Waals surface area contributed by atoms with Crippen LogP contribution in [0, 0.1) is 0 Å². The molecule has 2 aromatic rings. The molecule has 268 valence electrons. The number of hydrogen-bond donors (Lipinski definition) is 2. The van der Waals surface area contributed by atoms with E-state index in [1.165, 1.54) is 36.4 Å². The van der Waals surface area contributed by atoms with Crippen LogP contribution in [-0.2, 0) is 20.0 Å². The van der Waals surface area contributed by atoms with Crippen LogP contribution in [0.3, 0.4) is 0 Å². The van der Waals surface area contributed by atoms with Crippen LogP contribution in [0.1, 0.15) is 124 Å². The molecule has 12 heteroatoms. The van der Waals surface area contributed by atoms with Gasteiger partial charge in [-0.2, -0.15) is 0 Å². The molecule has 0 unspecified atom stereocenters. The number of unbranched alkanes of at least 4 members (excludes halogenated alkanes) is 4. The van der Waals surface area contributed by atoms with Crippen LogP contribution in [0.2, 0.25) is 0 Å². The average Bonchev–Trinajstić information content (AvgIpc) is 3.08. The van der Waals surface area contributed by atoms with Crippen molar-refractivity contribution < 1.29 is 26.4 Å². The number of ketones is 2. The summed E-state index contributed by atoms with van der Waals surface area (Å²) in [6.07, 6.45) is 9.88. The van der Waals surface area contributed by atoms with Crippen LogP contribution in [0.5, 0.6) is 0 Å². The lowest BCUT2D eigenvalue weighted by Crippen LogP contribution is -2.34. The standard InChI is InChI=1S/C36H56N4O6S2/c1-5-9-23-39(24-10-6-2)27-15-21-37-47(43,44)31-19-13-17-29-33(31)35(41)30-18-14-20-32(34(30)36(29)42)48(45,46)38-22-16-28-40(25-11-7-3)26-12-8-4/h13-14,17-20,37-38H,5-12,15-16,21-28H2,1-4H3. The average molecular weight is 705 g/mol. The van der Waals surface area contributed by atoms with E-state index in [9.17, 15) is 26.4 Å². The zero-order valence-electron chi connectivity index (χ0n) is 29.4. The van der Waals surface area contributed by atoms with E-state index in [2.05, 4.69) is 46.9 Å². The first-order valence-corrected chi connectivity index (χ1v) is 20.8. The van der Waals surface area contributed by atoms with Crippen LogP contribution in [0.25, 0.3) is 0 Å². The molecule has 0 radical (unpaired) electrons. The largest absolute Gasteiger partial charge is 0.303 e. The summed E-state index contributed by atoms with van der Waals surface area (Å²) >= 11 is 0. The highest BCUT2D eigenvalue weighted by Gasteiger charge is 2.38. The van der Waals surface area contributed by atoms with E-state index < -0.39 is 31.6 Å². The molecule has 10 nitrogen and oxygen atoms in total. The Bertz CT molecular complexity index is 1440. The van der Waals surface area contributed by atoms with E-state index in [4.69, 9.17) is 0 Å². The minimum Gasteiger partial charge on any atom is -0.303 e. The maximum atomic E-state index is 13.9. The number of nitrogens with zero attached hydrogens (tertiary/aromatic N) is 2. The molecule has 0 bridgehead atoms. The molecule has 0 aromatic heterocycles. The Kier molecular flexibility index (Phi) is 16.3. The summed E-state index contributed by atoms with van der Waals surface area (Å²) < 4.78 is 59.2. The van der Waals surface area contributed by atoms with Crippen LogP contribution in [0.15, 0.2) is 46.2 Å². The maximum Gasteiger partial charge on any atom is 0.241 e. The second kappa shape index (κ2) is 19.6. The number of rotatable bonds is 24. The Hall–Kier alpha value is -2.48. The molecule has 0 amide bonds. The predicted molar refractivity (Wildman–Crippen MR) is 192 cm³/mol. The minimum absolute atomic E-state index is 0.120. The molecule has 0 aliphatic heterocycles. The summed E-state index contributed by atoms with van der Waals surface area (Å²) in [6.45, 7) is 14.3. The molecule has 2 N–H and O–H groups in total. The van der Waals surface area contributed by atoms with Crippen molar-refractivity contribution in [2.24, 2.45) is 0 Å². The van der Waals surface area contributed by atoms with Gasteiger partial charge in [-0.05, 0) is 89.9 Å². The molecule has 2 aromatic carbocycles. The van der Waals surface area contributed by atoms with Gasteiger partial charge in [-0.25, -0.2) is 26.3 Å². The first-order valence-electron chi connectivity index (χ1n) is 17.8. The van der Waals surface area contributed by atoms with E-state index in [1.807, 2.05) is 0 Å². The fourth-order valence-electron chi connectivity index (χ4n) is 6.00. The third kappa shape index (κ3) is 10.8. The van der Waals surface area contributed by atoms with E-state index in [0.717, 1.165) is 90.6 Å². The van der Waals surface area contributed by atoms with Gasteiger partial charge >= 0.3 is 0 Å². The van der Waals surface area contributed by atoms with Crippen molar-refractivity contribution in [2.75, 3.05) is 52.4 Å². The molecule has 0 saturated heterocycles. The zero-order chi connectivity index (χ0) is 35.2. The number of hydrogen-bond acceptors (Lipinski definition) is 8. The van der Waals surface area contributed by atoms with Gasteiger partial charge in [0.2, 0.25) is 20.0 Å². The van der Waals surface area contributed by atoms with Gasteiger partial charge in [0.1, 0.15) is 0 Å². The van der Waals surface area contributed by atoms with Crippen LogP contribution >= 0.6 is 0 Å². The first-order chi connectivity index (χ1) is 23.0. The third-order valence-electron chi connectivity index (χ3n) is 8.77. The lowest BCUT2D eigenvalue weighted by Gasteiger charge is -2.23. The quantitative estimate of drug-likeness (QED) is 0.115. The van der Waals surface area contributed by atoms with Crippen LogP contribution in [0.4, 0.5) is 0 Å². The second-order valence-electron chi connectivity index (χ2n) is 12.6. The number of benzene rings is 2. The molecule has 1 aliphatic carbocycles. The number of sulfonamides is 2. The fourth-order valence-corrected chi connectivity index (χ4v) is 8.59. The molecule has 0 fully saturated rings. The van der Waals surface area contributed by atoms with E-state index in [-0.39, 0.29) is 45.1 Å². The normalized spacial score (nSPS) is 13.4. The molecule has 0 saturated carbocycles. The molecule has 1 aliphatic rings. The second-order valence-corrected chi connectivity index (χ2v) is 16.1. The van der Waals surface area contributed by atoms with Gasteiger partial charge in [0.25, 0.3) is 0 Å². The Morgan fingerprint density at radius 2 is 0.812 bits per heavy atom. The fraction of sp³-hybridized carbons (Fsp3) is 0.611. The summed E-state index contributed by atoms with van der Waals surface area (Å²) in [6, 6.07) is 8.24. The molecule has 48 heavy (non-hydrogen) atoms. The highest BCUT2D eigenvalue weighted by molar-refractivity contribution is 7.90. The highest BCUT2D eigenvalue weighted by atomic mass is 32.2. The number of nitrogens with one attached hydrogen (secondary N) is 2. The van der Waals surface area contributed by atoms with Crippen molar-refractivity contribution in [2.45, 2.75) is 102 Å². The van der Waals surface area contributed by atoms with Gasteiger partial charge in [-0.3, -0.25) is 9.59 Å². The summed E-state index contributed by atoms with van der Waals surface area (Å²) in [7, 11) is -8.28. The molecule has 0 atom stereocenters. The predicted octanol–water partition coefficient (Wildman–Crippen LogP) is 5.60. The molecular weight excluding hydrogens is 649 g/mol. The monoisotopic (exact) mass is 704 g/mol. The highest BCUT2D eigenvalue weighted by Crippen LogP contribution is 2.34. The molecule has 0 heterocycles. The lowest BCUT2D eigenvalue weighted by molar-refractivity contribution is 0.0974. The van der Waals surface area contributed by atoms with Gasteiger partial charge in [0.05, 0.1) is 20.9 Å². The topological polar surface area (TPSA) is 133 Å². The van der Waals surface area contributed by atoms with Crippen molar-refractivity contribution >= 4 is 31.6 Å². The van der Waals surface area contributed by atoms with Gasteiger partial charge in [-0.15, -0.1) is 0 Å². The van der Waals surface area contributed by atoms with Crippen molar-refractivity contribution in [3.63, 3.8) is 0 Å². The smallest absolute Gasteiger partial charge is 0.241 e. The Labute approximate surface area is 289 Å². The Morgan fingerprint density at radius 1 is 0.500 bits per heavy atom. The van der Waals surface area contributed by atoms with E-state index in [0.29, 0.717) is 12.8 Å². The van der Waals surface area contributed by atoms with Crippen LogP contribution in [-0.4, -0.2) is 90.6 Å². The SMILES string of the molecule is CCCCN(CCCC)CCCNS(=O)(=O)c1cccc2c1C(=O)c1cccc(S(=O)(=O)NCCCN(CCCC)CCCC)c1C2=O. The lowest BCUT2D eigenvalue weighted by atomic mass is 9.84. The minimum atomic E-state index is -4.14. The summed E-state index contributed by atoms with van der Waals surface area (Å²) in [5.74, 6) is -1.38. The van der Waals surface area contributed by atoms with E-state index >= 15 is 0 Å². The van der Waals surface area contributed by atoms with Crippen molar-refractivity contribution in [3.05, 3.63) is 58.7 Å². The van der Waals surface area contributed by atoms with Crippen molar-refractivity contribution in [3.8, 4) is 0 Å². The maximum absolute atomic E-state index is 13.9.